The molecule has 35 heavy (non-hydrogen) atoms. The number of nitrogen functional groups attached to an aromatic ring is 1. The van der Waals surface area contributed by atoms with E-state index in [0.717, 1.165) is 22.4 Å². The minimum absolute atomic E-state index is 0.0699. The SMILES string of the molecule is CO/N=C(\C(=O)N[C@@H]1C(=O)N2C(C(=O)O)=C(C[n+]3ccc4nc[nH]c4c3)CS[C@H]12)c1csc(N)n1. The second-order valence-corrected chi connectivity index (χ2v) is 9.63. The number of fused-ring (bicyclic) bond motifs is 2. The van der Waals surface area contributed by atoms with Crippen LogP contribution < -0.4 is 15.6 Å². The second kappa shape index (κ2) is 8.99. The predicted octanol–water partition coefficient (Wildman–Crippen LogP) is -0.322. The van der Waals surface area contributed by atoms with Crippen molar-refractivity contribution < 1.29 is 28.9 Å². The first-order valence-corrected chi connectivity index (χ1v) is 12.2. The van der Waals surface area contributed by atoms with E-state index in [9.17, 15) is 19.5 Å². The number of thioether (sulfide) groups is 1. The van der Waals surface area contributed by atoms with E-state index in [-0.39, 0.29) is 28.8 Å². The summed E-state index contributed by atoms with van der Waals surface area (Å²) in [5.74, 6) is -2.02. The number of nitrogens with one attached hydrogen (secondary N) is 2. The van der Waals surface area contributed by atoms with Gasteiger partial charge < -0.3 is 26.0 Å². The number of carbonyl (C=O) groups is 3. The number of aliphatic carboxylic acids is 1. The predicted molar refractivity (Wildman–Crippen MR) is 126 cm³/mol. The van der Waals surface area contributed by atoms with Gasteiger partial charge in [0.05, 0.1) is 6.33 Å². The minimum atomic E-state index is -1.20. The van der Waals surface area contributed by atoms with Crippen LogP contribution in [0.5, 0.6) is 0 Å². The number of aromatic amines is 1. The molecule has 2 aliphatic rings. The Morgan fingerprint density at radius 1 is 1.49 bits per heavy atom. The number of carbonyl (C=O) groups excluding carboxylic acids is 2. The summed E-state index contributed by atoms with van der Waals surface area (Å²) in [6, 6.07) is 0.900. The molecule has 0 aromatic carbocycles. The number of amides is 2. The third-order valence-electron chi connectivity index (χ3n) is 5.49. The van der Waals surface area contributed by atoms with Gasteiger partial charge >= 0.3 is 5.97 Å². The van der Waals surface area contributed by atoms with E-state index in [1.807, 2.05) is 16.8 Å². The van der Waals surface area contributed by atoms with Crippen molar-refractivity contribution in [1.82, 2.24) is 25.2 Å². The molecule has 3 aromatic heterocycles. The Balaban J connectivity index is 1.36. The van der Waals surface area contributed by atoms with Crippen LogP contribution in [0.1, 0.15) is 5.69 Å². The van der Waals surface area contributed by atoms with E-state index in [4.69, 9.17) is 10.6 Å². The lowest BCUT2D eigenvalue weighted by Gasteiger charge is -2.49. The number of pyridine rings is 1. The fraction of sp³-hybridized carbons (Fsp3) is 0.250. The molecule has 0 radical (unpaired) electrons. The van der Waals surface area contributed by atoms with Gasteiger partial charge in [0.2, 0.25) is 0 Å². The Morgan fingerprint density at radius 2 is 2.31 bits per heavy atom. The molecule has 5 N–H and O–H groups in total. The molecule has 0 spiro atoms. The van der Waals surface area contributed by atoms with Gasteiger partial charge in [-0.2, -0.15) is 4.57 Å². The first-order chi connectivity index (χ1) is 16.9. The summed E-state index contributed by atoms with van der Waals surface area (Å²) in [5.41, 5.74) is 7.84. The standard InChI is InChI=1S/C20H18N8O5S2/c1-33-26-13(12-7-35-20(21)24-12)16(29)25-14-17(30)28-15(19(31)32)9(6-34-18(14)28)4-27-3-2-10-11(5-27)23-8-22-10/h2-3,5,7-8,14,18H,4,6H2,1H3,(H4,21,24,25,29,31,32)/p+1/b26-13-/t14-,18-/m1/s1. The van der Waals surface area contributed by atoms with E-state index in [1.165, 1.54) is 23.8 Å². The van der Waals surface area contributed by atoms with Crippen molar-refractivity contribution in [2.24, 2.45) is 5.16 Å². The molecule has 5 heterocycles. The molecule has 2 amide bonds. The number of thiazole rings is 1. The highest BCUT2D eigenvalue weighted by Gasteiger charge is 2.54. The highest BCUT2D eigenvalue weighted by Crippen LogP contribution is 2.40. The summed E-state index contributed by atoms with van der Waals surface area (Å²) in [6.07, 6.45) is 5.21. The van der Waals surface area contributed by atoms with Crippen molar-refractivity contribution in [2.75, 3.05) is 18.6 Å². The zero-order chi connectivity index (χ0) is 24.7. The lowest BCUT2D eigenvalue weighted by atomic mass is 10.0. The Morgan fingerprint density at radius 3 is 3.03 bits per heavy atom. The van der Waals surface area contributed by atoms with E-state index in [1.54, 1.807) is 17.9 Å². The van der Waals surface area contributed by atoms with Crippen LogP contribution in [-0.2, 0) is 25.8 Å². The zero-order valence-corrected chi connectivity index (χ0v) is 19.8. The highest BCUT2D eigenvalue weighted by molar-refractivity contribution is 8.00. The molecule has 15 heteroatoms. The number of β-lactam (4-membered cyclic amide) rings is 1. The first kappa shape index (κ1) is 22.8. The Kier molecular flexibility index (Phi) is 5.86. The largest absolute Gasteiger partial charge is 0.477 e. The fourth-order valence-corrected chi connectivity index (χ4v) is 5.83. The molecule has 2 atom stereocenters. The van der Waals surface area contributed by atoms with Crippen LogP contribution in [0, 0.1) is 0 Å². The van der Waals surface area contributed by atoms with Crippen molar-refractivity contribution >= 4 is 62.8 Å². The molecule has 180 valence electrons. The molecular formula is C20H19N8O5S2+. The number of H-pyrrole nitrogens is 1. The maximum Gasteiger partial charge on any atom is 0.352 e. The number of carboxylic acids is 1. The molecule has 0 aliphatic carbocycles. The van der Waals surface area contributed by atoms with E-state index in [2.05, 4.69) is 25.4 Å². The lowest BCUT2D eigenvalue weighted by molar-refractivity contribution is -0.687. The van der Waals surface area contributed by atoms with Crippen LogP contribution in [0.15, 0.2) is 46.6 Å². The second-order valence-electron chi connectivity index (χ2n) is 7.63. The number of rotatable bonds is 7. The van der Waals surface area contributed by atoms with Crippen LogP contribution in [0.25, 0.3) is 11.0 Å². The average molecular weight is 516 g/mol. The normalized spacial score (nSPS) is 20.0. The van der Waals surface area contributed by atoms with Gasteiger partial charge in [-0.1, -0.05) is 5.16 Å². The van der Waals surface area contributed by atoms with Crippen LogP contribution >= 0.6 is 23.1 Å². The number of carboxylic acid groups (broad SMARTS) is 1. The van der Waals surface area contributed by atoms with Gasteiger partial charge in [-0.15, -0.1) is 23.1 Å². The summed E-state index contributed by atoms with van der Waals surface area (Å²) < 4.78 is 1.83. The van der Waals surface area contributed by atoms with Crippen molar-refractivity contribution in [2.45, 2.75) is 18.0 Å². The van der Waals surface area contributed by atoms with Crippen molar-refractivity contribution in [3.8, 4) is 0 Å². The third-order valence-corrected chi connectivity index (χ3v) is 7.50. The smallest absolute Gasteiger partial charge is 0.352 e. The van der Waals surface area contributed by atoms with Gasteiger partial charge in [0.25, 0.3) is 11.8 Å². The number of nitrogens with two attached hydrogens (primary N) is 1. The molecule has 0 bridgehead atoms. The summed E-state index contributed by atoms with van der Waals surface area (Å²) in [5, 5.41) is 17.5. The molecule has 1 saturated heterocycles. The van der Waals surface area contributed by atoms with Gasteiger partial charge in [-0.25, -0.2) is 14.8 Å². The molecule has 5 rings (SSSR count). The molecule has 2 aliphatic heterocycles. The van der Waals surface area contributed by atoms with Gasteiger partial charge in [0, 0.05) is 22.8 Å². The molecule has 0 saturated carbocycles. The van der Waals surface area contributed by atoms with Gasteiger partial charge in [0.15, 0.2) is 29.8 Å². The summed E-state index contributed by atoms with van der Waals surface area (Å²) >= 11 is 2.51. The molecule has 0 unspecified atom stereocenters. The summed E-state index contributed by atoms with van der Waals surface area (Å²) in [7, 11) is 1.28. The van der Waals surface area contributed by atoms with Crippen LogP contribution in [0.3, 0.4) is 0 Å². The Bertz CT molecular complexity index is 1410. The number of nitrogens with zero attached hydrogens (tertiary/aromatic N) is 5. The Labute approximate surface area is 205 Å². The monoisotopic (exact) mass is 515 g/mol. The molecule has 1 fully saturated rings. The van der Waals surface area contributed by atoms with Crippen molar-refractivity contribution in [3.05, 3.63) is 47.1 Å². The molecule has 3 aromatic rings. The number of hydrogen-bond donors (Lipinski definition) is 4. The van der Waals surface area contributed by atoms with E-state index in [0.29, 0.717) is 11.3 Å². The molecule has 13 nitrogen and oxygen atoms in total. The maximum atomic E-state index is 13.0. The van der Waals surface area contributed by atoms with Gasteiger partial charge in [0.1, 0.15) is 40.9 Å². The lowest BCUT2D eigenvalue weighted by Crippen LogP contribution is -2.71. The number of anilines is 1. The van der Waals surface area contributed by atoms with Crippen molar-refractivity contribution in [3.63, 3.8) is 0 Å². The Hall–Kier alpha value is -3.98. The van der Waals surface area contributed by atoms with Gasteiger partial charge in [-0.05, 0) is 0 Å². The first-order valence-electron chi connectivity index (χ1n) is 10.2. The number of oxime groups is 1. The van der Waals surface area contributed by atoms with Crippen molar-refractivity contribution in [1.29, 1.82) is 0 Å². The minimum Gasteiger partial charge on any atom is -0.477 e. The third kappa shape index (κ3) is 4.08. The fourth-order valence-electron chi connectivity index (χ4n) is 3.95. The highest BCUT2D eigenvalue weighted by atomic mass is 32.2. The van der Waals surface area contributed by atoms with Gasteiger partial charge in [-0.3, -0.25) is 14.5 Å². The topological polar surface area (TPSA) is 180 Å². The number of hydrogen-bond acceptors (Lipinski definition) is 10. The van der Waals surface area contributed by atoms with Crippen LogP contribution in [0.2, 0.25) is 0 Å². The maximum absolute atomic E-state index is 13.0. The number of imidazole rings is 1. The van der Waals surface area contributed by atoms with Crippen LogP contribution in [0.4, 0.5) is 5.13 Å². The zero-order valence-electron chi connectivity index (χ0n) is 18.2. The molecular weight excluding hydrogens is 496 g/mol. The van der Waals surface area contributed by atoms with Crippen LogP contribution in [-0.4, -0.2) is 72.7 Å². The average Bonchev–Trinajstić information content (AvgIpc) is 3.48. The summed E-state index contributed by atoms with van der Waals surface area (Å²) in [4.78, 5) is 55.2. The van der Waals surface area contributed by atoms with E-state index >= 15 is 0 Å². The summed E-state index contributed by atoms with van der Waals surface area (Å²) in [6.45, 7) is 0.285. The quantitative estimate of drug-likeness (QED) is 0.142. The van der Waals surface area contributed by atoms with E-state index < -0.39 is 29.2 Å². The number of aromatic nitrogens is 4.